The van der Waals surface area contributed by atoms with Gasteiger partial charge in [0.1, 0.15) is 18.0 Å². The first-order valence-electron chi connectivity index (χ1n) is 8.12. The molecule has 0 aromatic heterocycles. The Labute approximate surface area is 136 Å². The number of nitrogens with zero attached hydrogens (tertiary/aromatic N) is 1. The zero-order chi connectivity index (χ0) is 16.6. The summed E-state index contributed by atoms with van der Waals surface area (Å²) in [4.78, 5) is 26.9. The van der Waals surface area contributed by atoms with Gasteiger partial charge < -0.3 is 14.4 Å². The lowest BCUT2D eigenvalue weighted by Gasteiger charge is -2.34. The average Bonchev–Trinajstić information content (AvgIpc) is 2.95. The molecule has 2 heterocycles. The van der Waals surface area contributed by atoms with Crippen molar-refractivity contribution in [3.63, 3.8) is 0 Å². The van der Waals surface area contributed by atoms with Crippen LogP contribution in [-0.4, -0.2) is 41.6 Å². The maximum atomic E-state index is 12.8. The van der Waals surface area contributed by atoms with Gasteiger partial charge in [-0.2, -0.15) is 0 Å². The van der Waals surface area contributed by atoms with E-state index in [9.17, 15) is 9.59 Å². The van der Waals surface area contributed by atoms with E-state index in [-0.39, 0.29) is 23.8 Å². The smallest absolute Gasteiger partial charge is 0.410 e. The molecule has 0 saturated carbocycles. The fourth-order valence-electron chi connectivity index (χ4n) is 3.29. The second-order valence-corrected chi connectivity index (χ2v) is 7.16. The fourth-order valence-corrected chi connectivity index (χ4v) is 3.29. The minimum atomic E-state index is -0.538. The van der Waals surface area contributed by atoms with Crippen molar-refractivity contribution >= 4 is 11.9 Å². The van der Waals surface area contributed by atoms with Gasteiger partial charge in [-0.25, -0.2) is 4.79 Å². The number of fused-ring (bicyclic) bond motifs is 1. The number of carbonyl (C=O) groups excluding carboxylic acids is 2. The van der Waals surface area contributed by atoms with Crippen molar-refractivity contribution in [2.24, 2.45) is 5.92 Å². The first-order chi connectivity index (χ1) is 10.9. The molecule has 0 radical (unpaired) electrons. The van der Waals surface area contributed by atoms with E-state index >= 15 is 0 Å². The topological polar surface area (TPSA) is 55.8 Å². The highest BCUT2D eigenvalue weighted by Crippen LogP contribution is 2.34. The molecule has 0 spiro atoms. The third-order valence-corrected chi connectivity index (χ3v) is 4.30. The predicted molar refractivity (Wildman–Crippen MR) is 85.7 cm³/mol. The van der Waals surface area contributed by atoms with Crippen molar-refractivity contribution in [2.45, 2.75) is 45.3 Å². The van der Waals surface area contributed by atoms with Gasteiger partial charge in [0.15, 0.2) is 5.78 Å². The summed E-state index contributed by atoms with van der Waals surface area (Å²) < 4.78 is 11.2. The number of rotatable bonds is 1. The number of Topliss-reactive ketones (excluding diaryl/α,β-unsaturated/α-hetero) is 1. The summed E-state index contributed by atoms with van der Waals surface area (Å²) in [5, 5.41) is 0. The standard InChI is InChI=1S/C18H23NO4/c1-18(2,3)23-17(21)19-10-6-8-14(19)13-11-22-15-9-5-4-7-12(15)16(13)20/h4-5,7,9,13-14H,6,8,10-11H2,1-3H3/t13-,14-/m1/s1. The number of ketones is 1. The Bertz CT molecular complexity index is 620. The molecular weight excluding hydrogens is 294 g/mol. The minimum absolute atomic E-state index is 0.0623. The molecule has 1 aromatic rings. The number of carbonyl (C=O) groups is 2. The Kier molecular flexibility index (Phi) is 4.04. The Morgan fingerprint density at radius 3 is 2.78 bits per heavy atom. The molecule has 2 aliphatic heterocycles. The molecule has 1 fully saturated rings. The first-order valence-corrected chi connectivity index (χ1v) is 8.12. The zero-order valence-corrected chi connectivity index (χ0v) is 13.9. The van der Waals surface area contributed by atoms with Gasteiger partial charge in [0, 0.05) is 12.6 Å². The van der Waals surface area contributed by atoms with Gasteiger partial charge in [-0.05, 0) is 45.7 Å². The lowest BCUT2D eigenvalue weighted by Crippen LogP contribution is -2.48. The average molecular weight is 317 g/mol. The number of ether oxygens (including phenoxy) is 2. The van der Waals surface area contributed by atoms with Gasteiger partial charge in [0.2, 0.25) is 0 Å². The first kappa shape index (κ1) is 15.8. The number of hydrogen-bond acceptors (Lipinski definition) is 4. The van der Waals surface area contributed by atoms with Gasteiger partial charge in [0.25, 0.3) is 0 Å². The second-order valence-electron chi connectivity index (χ2n) is 7.16. The van der Waals surface area contributed by atoms with Crippen LogP contribution < -0.4 is 4.74 Å². The number of hydrogen-bond donors (Lipinski definition) is 0. The van der Waals surface area contributed by atoms with Crippen molar-refractivity contribution in [1.82, 2.24) is 4.90 Å². The van der Waals surface area contributed by atoms with Crippen LogP contribution in [0, 0.1) is 5.92 Å². The van der Waals surface area contributed by atoms with E-state index in [1.54, 1.807) is 11.0 Å². The van der Waals surface area contributed by atoms with Crippen LogP contribution in [0.1, 0.15) is 44.0 Å². The van der Waals surface area contributed by atoms with E-state index in [2.05, 4.69) is 0 Å². The maximum absolute atomic E-state index is 12.8. The molecule has 0 bridgehead atoms. The lowest BCUT2D eigenvalue weighted by atomic mass is 9.88. The summed E-state index contributed by atoms with van der Waals surface area (Å²) in [6.07, 6.45) is 1.35. The number of amides is 1. The van der Waals surface area contributed by atoms with Crippen molar-refractivity contribution in [3.05, 3.63) is 29.8 Å². The van der Waals surface area contributed by atoms with Crippen LogP contribution >= 0.6 is 0 Å². The highest BCUT2D eigenvalue weighted by molar-refractivity contribution is 6.01. The van der Waals surface area contributed by atoms with Gasteiger partial charge >= 0.3 is 6.09 Å². The molecule has 2 aliphatic rings. The van der Waals surface area contributed by atoms with Crippen LogP contribution in [0.15, 0.2) is 24.3 Å². The molecule has 5 heteroatoms. The Balaban J connectivity index is 1.79. The van der Waals surface area contributed by atoms with Crippen LogP contribution in [0.25, 0.3) is 0 Å². The Morgan fingerprint density at radius 2 is 2.04 bits per heavy atom. The molecule has 124 valence electrons. The fraction of sp³-hybridized carbons (Fsp3) is 0.556. The van der Waals surface area contributed by atoms with Crippen LogP contribution in [-0.2, 0) is 4.74 Å². The zero-order valence-electron chi connectivity index (χ0n) is 13.9. The summed E-state index contributed by atoms with van der Waals surface area (Å²) in [6.45, 7) is 6.49. The van der Waals surface area contributed by atoms with Crippen molar-refractivity contribution in [2.75, 3.05) is 13.2 Å². The summed E-state index contributed by atoms with van der Waals surface area (Å²) in [5.74, 6) is 0.378. The van der Waals surface area contributed by atoms with E-state index in [4.69, 9.17) is 9.47 Å². The third-order valence-electron chi connectivity index (χ3n) is 4.30. The summed E-state index contributed by atoms with van der Waals surface area (Å²) in [5.41, 5.74) is 0.0731. The monoisotopic (exact) mass is 317 g/mol. The van der Waals surface area contributed by atoms with Crippen LogP contribution in [0.5, 0.6) is 5.75 Å². The molecule has 0 unspecified atom stereocenters. The molecule has 1 amide bonds. The molecule has 0 N–H and O–H groups in total. The number of benzene rings is 1. The summed E-state index contributed by atoms with van der Waals surface area (Å²) >= 11 is 0. The van der Waals surface area contributed by atoms with Crippen LogP contribution in [0.4, 0.5) is 4.79 Å². The molecule has 0 aliphatic carbocycles. The van der Waals surface area contributed by atoms with Crippen LogP contribution in [0.3, 0.4) is 0 Å². The molecule has 5 nitrogen and oxygen atoms in total. The van der Waals surface area contributed by atoms with E-state index in [0.29, 0.717) is 24.5 Å². The van der Waals surface area contributed by atoms with Crippen LogP contribution in [0.2, 0.25) is 0 Å². The van der Waals surface area contributed by atoms with Gasteiger partial charge in [-0.3, -0.25) is 4.79 Å². The van der Waals surface area contributed by atoms with Gasteiger partial charge in [-0.15, -0.1) is 0 Å². The Hall–Kier alpha value is -2.04. The maximum Gasteiger partial charge on any atom is 0.410 e. The molecule has 1 saturated heterocycles. The summed E-state index contributed by atoms with van der Waals surface area (Å²) in [7, 11) is 0. The molecular formula is C18H23NO4. The van der Waals surface area contributed by atoms with Crippen molar-refractivity contribution in [3.8, 4) is 5.75 Å². The van der Waals surface area contributed by atoms with Crippen molar-refractivity contribution in [1.29, 1.82) is 0 Å². The number of likely N-dealkylation sites (tertiary alicyclic amines) is 1. The lowest BCUT2D eigenvalue weighted by molar-refractivity contribution is 0.0150. The van der Waals surface area contributed by atoms with E-state index in [1.807, 2.05) is 39.0 Å². The highest BCUT2D eigenvalue weighted by atomic mass is 16.6. The van der Waals surface area contributed by atoms with Crippen molar-refractivity contribution < 1.29 is 19.1 Å². The predicted octanol–water partition coefficient (Wildman–Crippen LogP) is 3.28. The molecule has 1 aromatic carbocycles. The minimum Gasteiger partial charge on any atom is -0.492 e. The largest absolute Gasteiger partial charge is 0.492 e. The normalized spacial score (nSPS) is 24.1. The third kappa shape index (κ3) is 3.19. The highest BCUT2D eigenvalue weighted by Gasteiger charge is 2.42. The SMILES string of the molecule is CC(C)(C)OC(=O)N1CCC[C@@H]1[C@H]1COc2ccccc2C1=O. The Morgan fingerprint density at radius 1 is 1.30 bits per heavy atom. The van der Waals surface area contributed by atoms with Gasteiger partial charge in [-0.1, -0.05) is 12.1 Å². The van der Waals surface area contributed by atoms with E-state index in [1.165, 1.54) is 0 Å². The summed E-state index contributed by atoms with van der Waals surface area (Å²) in [6, 6.07) is 7.14. The molecule has 2 atom stereocenters. The van der Waals surface area contributed by atoms with Gasteiger partial charge in [0.05, 0.1) is 11.5 Å². The van der Waals surface area contributed by atoms with E-state index < -0.39 is 5.60 Å². The number of para-hydroxylation sites is 1. The molecule has 3 rings (SSSR count). The molecule has 23 heavy (non-hydrogen) atoms. The quantitative estimate of drug-likeness (QED) is 0.797. The second kappa shape index (κ2) is 5.87. The van der Waals surface area contributed by atoms with E-state index in [0.717, 1.165) is 12.8 Å².